The van der Waals surface area contributed by atoms with Crippen LogP contribution in [0, 0.1) is 6.92 Å². The maximum absolute atomic E-state index is 3.36. The molecule has 0 unspecified atom stereocenters. The number of nitrogens with one attached hydrogen (secondary N) is 1. The molecule has 1 aromatic heterocycles. The van der Waals surface area contributed by atoms with E-state index in [2.05, 4.69) is 67.4 Å². The van der Waals surface area contributed by atoms with Crippen molar-refractivity contribution in [3.8, 4) is 11.3 Å². The van der Waals surface area contributed by atoms with Crippen LogP contribution in [0.4, 0.5) is 0 Å². The summed E-state index contributed by atoms with van der Waals surface area (Å²) in [6.45, 7) is 4.26. The Morgan fingerprint density at radius 1 is 0.833 bits per heavy atom. The summed E-state index contributed by atoms with van der Waals surface area (Å²) >= 11 is 0. The molecule has 0 fully saturated rings. The molecule has 0 saturated heterocycles. The van der Waals surface area contributed by atoms with E-state index in [1.807, 2.05) is 0 Å². The molecule has 1 aliphatic carbocycles. The molecule has 18 heavy (non-hydrogen) atoms. The van der Waals surface area contributed by atoms with Crippen LogP contribution in [0.15, 0.2) is 54.1 Å². The van der Waals surface area contributed by atoms with Crippen LogP contribution in [0.3, 0.4) is 0 Å². The highest BCUT2D eigenvalue weighted by Gasteiger charge is 2.07. The molecule has 1 heterocycles. The zero-order valence-electron chi connectivity index (χ0n) is 10.8. The number of rotatable bonds is 2. The van der Waals surface area contributed by atoms with Gasteiger partial charge in [0.1, 0.15) is 0 Å². The summed E-state index contributed by atoms with van der Waals surface area (Å²) in [4.78, 5) is 3.36. The first-order chi connectivity index (χ1) is 8.72. The lowest BCUT2D eigenvalue weighted by Gasteiger charge is -2.05. The van der Waals surface area contributed by atoms with Crippen molar-refractivity contribution < 1.29 is 0 Å². The third kappa shape index (κ3) is 2.04. The Balaban J connectivity index is 1.86. The van der Waals surface area contributed by atoms with Gasteiger partial charge in [0.2, 0.25) is 0 Å². The van der Waals surface area contributed by atoms with E-state index >= 15 is 0 Å². The van der Waals surface area contributed by atoms with E-state index in [0.29, 0.717) is 0 Å². The molecule has 0 atom stereocenters. The molecule has 0 amide bonds. The van der Waals surface area contributed by atoms with Crippen LogP contribution < -0.4 is 0 Å². The number of hydrogen-bond donors (Lipinski definition) is 1. The molecule has 0 aliphatic heterocycles. The van der Waals surface area contributed by atoms with Gasteiger partial charge in [0.05, 0.1) is 0 Å². The third-order valence-corrected chi connectivity index (χ3v) is 3.44. The Bertz CT molecular complexity index is 624. The maximum atomic E-state index is 3.36. The molecule has 1 heteroatoms. The molecule has 90 valence electrons. The van der Waals surface area contributed by atoms with Gasteiger partial charge in [-0.1, -0.05) is 42.0 Å². The number of aryl methyl sites for hydroxylation is 1. The van der Waals surface area contributed by atoms with Gasteiger partial charge in [0.15, 0.2) is 0 Å². The predicted molar refractivity (Wildman–Crippen MR) is 77.3 cm³/mol. The summed E-state index contributed by atoms with van der Waals surface area (Å²) < 4.78 is 0. The van der Waals surface area contributed by atoms with E-state index in [0.717, 1.165) is 6.42 Å². The monoisotopic (exact) mass is 235 g/mol. The van der Waals surface area contributed by atoms with E-state index in [1.165, 1.54) is 33.7 Å². The van der Waals surface area contributed by atoms with Crippen LogP contribution in [-0.4, -0.2) is 4.98 Å². The fourth-order valence-electron chi connectivity index (χ4n) is 2.40. The number of H-pyrrole nitrogens is 1. The van der Waals surface area contributed by atoms with E-state index in [9.17, 15) is 0 Å². The van der Waals surface area contributed by atoms with E-state index in [1.54, 1.807) is 0 Å². The fourth-order valence-corrected chi connectivity index (χ4v) is 2.40. The molecule has 0 spiro atoms. The zero-order chi connectivity index (χ0) is 12.5. The first-order valence-corrected chi connectivity index (χ1v) is 6.35. The predicted octanol–water partition coefficient (Wildman–Crippen LogP) is 4.72. The molecular formula is C17H17N. The van der Waals surface area contributed by atoms with Crippen molar-refractivity contribution in [2.45, 2.75) is 20.3 Å². The van der Waals surface area contributed by atoms with Gasteiger partial charge in [-0.3, -0.25) is 0 Å². The average molecular weight is 235 g/mol. The molecule has 1 nitrogen and oxygen atoms in total. The molecule has 0 radical (unpaired) electrons. The van der Waals surface area contributed by atoms with Crippen LogP contribution in [0.5, 0.6) is 0 Å². The Hall–Kier alpha value is -2.02. The summed E-state index contributed by atoms with van der Waals surface area (Å²) in [7, 11) is 0. The topological polar surface area (TPSA) is 15.8 Å². The minimum atomic E-state index is 1.08. The summed E-state index contributed by atoms with van der Waals surface area (Å²) in [5.41, 5.74) is 7.82. The van der Waals surface area contributed by atoms with E-state index in [-0.39, 0.29) is 0 Å². The van der Waals surface area contributed by atoms with Gasteiger partial charge in [-0.15, -0.1) is 0 Å². The fraction of sp³-hybridized carbons (Fsp3) is 0.176. The second kappa shape index (κ2) is 4.34. The highest BCUT2D eigenvalue weighted by Crippen LogP contribution is 2.29. The lowest BCUT2D eigenvalue weighted by atomic mass is 10.0. The van der Waals surface area contributed by atoms with Crippen LogP contribution in [0.2, 0.25) is 0 Å². The first kappa shape index (κ1) is 11.1. The van der Waals surface area contributed by atoms with E-state index < -0.39 is 0 Å². The molecule has 1 aromatic carbocycles. The van der Waals surface area contributed by atoms with Gasteiger partial charge >= 0.3 is 0 Å². The van der Waals surface area contributed by atoms with Crippen LogP contribution in [0.25, 0.3) is 16.8 Å². The number of aromatic amines is 1. The van der Waals surface area contributed by atoms with Gasteiger partial charge in [0.25, 0.3) is 0 Å². The van der Waals surface area contributed by atoms with Crippen LogP contribution in [0.1, 0.15) is 24.6 Å². The molecule has 0 saturated carbocycles. The standard InChI is InChI=1S/C17H17N/c1-12-3-5-16(11-12)14-6-8-15(9-7-14)17-10-4-13(2)18-17/h3-10,18H,11H2,1-2H3. The summed E-state index contributed by atoms with van der Waals surface area (Å²) in [6, 6.07) is 13.0. The van der Waals surface area contributed by atoms with Crippen molar-refractivity contribution >= 4 is 5.57 Å². The first-order valence-electron chi connectivity index (χ1n) is 6.35. The second-order valence-corrected chi connectivity index (χ2v) is 5.01. The average Bonchev–Trinajstić information content (AvgIpc) is 2.98. The van der Waals surface area contributed by atoms with Crippen LogP contribution in [-0.2, 0) is 0 Å². The molecule has 2 aromatic rings. The van der Waals surface area contributed by atoms with Gasteiger partial charge < -0.3 is 4.98 Å². The lowest BCUT2D eigenvalue weighted by Crippen LogP contribution is -1.84. The van der Waals surface area contributed by atoms with Crippen molar-refractivity contribution in [2.24, 2.45) is 0 Å². The minimum Gasteiger partial charge on any atom is -0.359 e. The Kier molecular flexibility index (Phi) is 2.67. The summed E-state index contributed by atoms with van der Waals surface area (Å²) in [6.07, 6.45) is 5.52. The number of aromatic nitrogens is 1. The van der Waals surface area contributed by atoms with Gasteiger partial charge in [0, 0.05) is 11.4 Å². The second-order valence-electron chi connectivity index (χ2n) is 5.01. The molecule has 0 bridgehead atoms. The normalized spacial score (nSPS) is 14.6. The number of allylic oxidation sites excluding steroid dienone is 4. The Labute approximate surface area is 108 Å². The SMILES string of the molecule is CC1=CC=C(c2ccc(-c3ccc(C)[nH]3)cc2)C1. The van der Waals surface area contributed by atoms with Crippen molar-refractivity contribution in [1.82, 2.24) is 4.98 Å². The summed E-state index contributed by atoms with van der Waals surface area (Å²) in [5.74, 6) is 0. The van der Waals surface area contributed by atoms with Crippen LogP contribution >= 0.6 is 0 Å². The van der Waals surface area contributed by atoms with Gasteiger partial charge in [-0.25, -0.2) is 0 Å². The maximum Gasteiger partial charge on any atom is 0.0455 e. The molecular weight excluding hydrogens is 218 g/mol. The number of benzene rings is 1. The van der Waals surface area contributed by atoms with Gasteiger partial charge in [-0.05, 0) is 49.1 Å². The largest absolute Gasteiger partial charge is 0.359 e. The Morgan fingerprint density at radius 2 is 1.56 bits per heavy atom. The van der Waals surface area contributed by atoms with Crippen molar-refractivity contribution in [1.29, 1.82) is 0 Å². The Morgan fingerprint density at radius 3 is 2.11 bits per heavy atom. The molecule has 1 aliphatic rings. The van der Waals surface area contributed by atoms with Crippen molar-refractivity contribution in [3.63, 3.8) is 0 Å². The number of hydrogen-bond acceptors (Lipinski definition) is 0. The lowest BCUT2D eigenvalue weighted by molar-refractivity contribution is 1.26. The molecule has 1 N–H and O–H groups in total. The zero-order valence-corrected chi connectivity index (χ0v) is 10.8. The highest BCUT2D eigenvalue weighted by atomic mass is 14.7. The highest BCUT2D eigenvalue weighted by molar-refractivity contribution is 5.74. The smallest absolute Gasteiger partial charge is 0.0455 e. The molecule has 3 rings (SSSR count). The quantitative estimate of drug-likeness (QED) is 0.775. The third-order valence-electron chi connectivity index (χ3n) is 3.44. The van der Waals surface area contributed by atoms with Crippen molar-refractivity contribution in [2.75, 3.05) is 0 Å². The minimum absolute atomic E-state index is 1.08. The summed E-state index contributed by atoms with van der Waals surface area (Å²) in [5, 5.41) is 0. The van der Waals surface area contributed by atoms with E-state index in [4.69, 9.17) is 0 Å². The van der Waals surface area contributed by atoms with Gasteiger partial charge in [-0.2, -0.15) is 0 Å². The van der Waals surface area contributed by atoms with Crippen molar-refractivity contribution in [3.05, 3.63) is 65.4 Å².